The van der Waals surface area contributed by atoms with E-state index in [9.17, 15) is 0 Å². The van der Waals surface area contributed by atoms with Crippen molar-refractivity contribution in [1.82, 2.24) is 4.57 Å². The van der Waals surface area contributed by atoms with E-state index in [0.717, 1.165) is 6.54 Å². The van der Waals surface area contributed by atoms with Crippen molar-refractivity contribution in [1.29, 1.82) is 0 Å². The summed E-state index contributed by atoms with van der Waals surface area (Å²) in [6.07, 6.45) is 8.82. The van der Waals surface area contributed by atoms with Gasteiger partial charge < -0.3 is 14.0 Å². The van der Waals surface area contributed by atoms with Gasteiger partial charge in [0.15, 0.2) is 0 Å². The fourth-order valence-corrected chi connectivity index (χ4v) is 0.975. The molecule has 0 atom stereocenters. The van der Waals surface area contributed by atoms with Crippen LogP contribution in [0.15, 0.2) is 18.7 Å². The van der Waals surface area contributed by atoms with Crippen LogP contribution in [0.5, 0.6) is 0 Å². The maximum Gasteiger partial charge on any atom is 0.243 e. The molecule has 1 aromatic heterocycles. The Kier molecular flexibility index (Phi) is 7.41. The number of aromatic nitrogens is 2. The summed E-state index contributed by atoms with van der Waals surface area (Å²) in [4.78, 5) is 0. The normalized spacial score (nSPS) is 9.86. The smallest absolute Gasteiger partial charge is 0.243 e. The van der Waals surface area contributed by atoms with Gasteiger partial charge in [-0.05, 0) is 6.42 Å². The molecule has 0 spiro atoms. The van der Waals surface area contributed by atoms with Crippen LogP contribution in [0.1, 0.15) is 19.8 Å². The standard InChI is InChI=1S/C8H15N2.ClO3/c1-3-4-5-10-7-6-9(2)8-10;2-1(3)4/h6-8H,3-5H2,1-2H3;/q+1;-1. The Balaban J connectivity index is 0.000000364. The minimum absolute atomic E-state index is 1.15. The van der Waals surface area contributed by atoms with Gasteiger partial charge in [0.1, 0.15) is 12.4 Å². The summed E-state index contributed by atoms with van der Waals surface area (Å²) < 4.78 is 29.5. The van der Waals surface area contributed by atoms with E-state index in [2.05, 4.69) is 34.8 Å². The van der Waals surface area contributed by atoms with Gasteiger partial charge in [0.05, 0.1) is 24.4 Å². The summed E-state index contributed by atoms with van der Waals surface area (Å²) in [6.45, 7) is 3.36. The van der Waals surface area contributed by atoms with Crippen LogP contribution in [-0.2, 0) is 13.6 Å². The molecule has 14 heavy (non-hydrogen) atoms. The van der Waals surface area contributed by atoms with Gasteiger partial charge in [-0.25, -0.2) is 9.13 Å². The van der Waals surface area contributed by atoms with Crippen LogP contribution in [-0.4, -0.2) is 4.57 Å². The molecule has 1 aromatic rings. The maximum absolute atomic E-state index is 8.41. The number of unbranched alkanes of at least 4 members (excludes halogenated alkanes) is 1. The topological polar surface area (TPSA) is 78.0 Å². The first-order valence-electron chi connectivity index (χ1n) is 4.30. The number of nitrogens with zero attached hydrogens (tertiary/aromatic N) is 2. The van der Waals surface area contributed by atoms with Gasteiger partial charge >= 0.3 is 0 Å². The number of aryl methyl sites for hydroxylation is 2. The Morgan fingerprint density at radius 2 is 1.93 bits per heavy atom. The van der Waals surface area contributed by atoms with E-state index >= 15 is 0 Å². The first-order valence-corrected chi connectivity index (χ1v) is 5.23. The molecule has 1 heterocycles. The van der Waals surface area contributed by atoms with Crippen LogP contribution >= 0.6 is 0 Å². The molecule has 0 aliphatic carbocycles. The molecule has 0 N–H and O–H groups in total. The lowest BCUT2D eigenvalue weighted by atomic mass is 10.3. The zero-order chi connectivity index (χ0) is 11.0. The molecular formula is C8H15ClN2O3. The van der Waals surface area contributed by atoms with Crippen LogP contribution in [0.25, 0.3) is 0 Å². The number of hydrogen-bond donors (Lipinski definition) is 0. The Morgan fingerprint density at radius 1 is 1.36 bits per heavy atom. The zero-order valence-corrected chi connectivity index (χ0v) is 9.11. The molecule has 0 amide bonds. The summed E-state index contributed by atoms with van der Waals surface area (Å²) in [5.74, 6) is 0. The number of hydrogen-bond acceptors (Lipinski definition) is 3. The highest BCUT2D eigenvalue weighted by Gasteiger charge is 1.96. The van der Waals surface area contributed by atoms with E-state index in [1.807, 2.05) is 7.05 Å². The van der Waals surface area contributed by atoms with Crippen LogP contribution in [0.4, 0.5) is 0 Å². The van der Waals surface area contributed by atoms with Crippen LogP contribution in [0, 0.1) is 10.8 Å². The maximum atomic E-state index is 8.41. The third-order valence-electron chi connectivity index (χ3n) is 1.59. The molecule has 0 bridgehead atoms. The molecule has 6 heteroatoms. The minimum Gasteiger partial charge on any atom is -0.357 e. The summed E-state index contributed by atoms with van der Waals surface area (Å²) in [7, 11) is -0.808. The van der Waals surface area contributed by atoms with Gasteiger partial charge in [0.25, 0.3) is 0 Å². The average Bonchev–Trinajstić information content (AvgIpc) is 2.47. The van der Waals surface area contributed by atoms with Crippen molar-refractivity contribution in [3.63, 3.8) is 0 Å². The van der Waals surface area contributed by atoms with E-state index in [1.54, 1.807) is 0 Å². The van der Waals surface area contributed by atoms with Crippen molar-refractivity contribution in [3.05, 3.63) is 18.7 Å². The van der Waals surface area contributed by atoms with Gasteiger partial charge in [0, 0.05) is 0 Å². The first kappa shape index (κ1) is 13.4. The molecule has 5 nitrogen and oxygen atoms in total. The Labute approximate surface area is 86.6 Å². The largest absolute Gasteiger partial charge is 0.357 e. The lowest BCUT2D eigenvalue weighted by Gasteiger charge is -1.90. The molecule has 0 radical (unpaired) electrons. The molecule has 0 aliphatic heterocycles. The second-order valence-corrected chi connectivity index (χ2v) is 3.24. The van der Waals surface area contributed by atoms with Crippen LogP contribution in [0.2, 0.25) is 0 Å². The zero-order valence-electron chi connectivity index (χ0n) is 8.35. The average molecular weight is 223 g/mol. The molecular weight excluding hydrogens is 208 g/mol. The number of imidazole rings is 1. The first-order chi connectivity index (χ1) is 6.56. The van der Waals surface area contributed by atoms with Crippen molar-refractivity contribution < 1.29 is 29.3 Å². The molecule has 0 saturated heterocycles. The number of halogens is 1. The molecule has 1 rings (SSSR count). The molecule has 0 saturated carbocycles. The van der Waals surface area contributed by atoms with Crippen molar-refractivity contribution >= 4 is 0 Å². The molecule has 0 aromatic carbocycles. The predicted octanol–water partition coefficient (Wildman–Crippen LogP) is -2.45. The van der Waals surface area contributed by atoms with Crippen molar-refractivity contribution in [2.75, 3.05) is 0 Å². The monoisotopic (exact) mass is 222 g/mol. The van der Waals surface area contributed by atoms with E-state index in [0.29, 0.717) is 0 Å². The van der Waals surface area contributed by atoms with Crippen LogP contribution < -0.4 is 18.5 Å². The van der Waals surface area contributed by atoms with Gasteiger partial charge in [-0.3, -0.25) is 0 Å². The lowest BCUT2D eigenvalue weighted by molar-refractivity contribution is -1.73. The second kappa shape index (κ2) is 7.75. The fourth-order valence-electron chi connectivity index (χ4n) is 0.975. The predicted molar refractivity (Wildman–Crippen MR) is 40.5 cm³/mol. The number of rotatable bonds is 3. The third kappa shape index (κ3) is 8.00. The van der Waals surface area contributed by atoms with Gasteiger partial charge in [-0.2, -0.15) is 0 Å². The van der Waals surface area contributed by atoms with Crippen LogP contribution in [0.3, 0.4) is 0 Å². The van der Waals surface area contributed by atoms with Gasteiger partial charge in [-0.15, -0.1) is 0 Å². The molecule has 0 fully saturated rings. The summed E-state index contributed by atoms with van der Waals surface area (Å²) >= 11 is 0. The van der Waals surface area contributed by atoms with E-state index < -0.39 is 10.8 Å². The van der Waals surface area contributed by atoms with Gasteiger partial charge in [-0.1, -0.05) is 13.3 Å². The highest BCUT2D eigenvalue weighted by atomic mass is 35.6. The Hall–Kier alpha value is -0.620. The second-order valence-electron chi connectivity index (χ2n) is 2.86. The minimum atomic E-state index is -2.85. The molecule has 0 unspecified atom stereocenters. The quantitative estimate of drug-likeness (QED) is 0.533. The summed E-state index contributed by atoms with van der Waals surface area (Å²) in [5, 5.41) is 0. The SMILES string of the molecule is CCCCn1cc[n+](C)c1.[O-][Cl+2]([O-])[O-]. The van der Waals surface area contributed by atoms with E-state index in [-0.39, 0.29) is 0 Å². The van der Waals surface area contributed by atoms with Crippen molar-refractivity contribution in [2.24, 2.45) is 7.05 Å². The van der Waals surface area contributed by atoms with E-state index in [4.69, 9.17) is 14.0 Å². The third-order valence-corrected chi connectivity index (χ3v) is 1.59. The fraction of sp³-hybridized carbons (Fsp3) is 0.625. The highest BCUT2D eigenvalue weighted by molar-refractivity contribution is 4.65. The van der Waals surface area contributed by atoms with Crippen molar-refractivity contribution in [2.45, 2.75) is 26.3 Å². The van der Waals surface area contributed by atoms with Crippen molar-refractivity contribution in [3.8, 4) is 0 Å². The lowest BCUT2D eigenvalue weighted by Crippen LogP contribution is -2.42. The Morgan fingerprint density at radius 3 is 2.29 bits per heavy atom. The van der Waals surface area contributed by atoms with Gasteiger partial charge in [0.2, 0.25) is 6.33 Å². The summed E-state index contributed by atoms with van der Waals surface area (Å²) in [6, 6.07) is 0. The summed E-state index contributed by atoms with van der Waals surface area (Å²) in [5.41, 5.74) is 0. The Bertz CT molecular complexity index is 237. The highest BCUT2D eigenvalue weighted by Crippen LogP contribution is 1.91. The van der Waals surface area contributed by atoms with E-state index in [1.165, 1.54) is 12.8 Å². The molecule has 82 valence electrons. The molecule has 0 aliphatic rings.